The van der Waals surface area contributed by atoms with Gasteiger partial charge in [-0.1, -0.05) is 12.1 Å². The molecule has 5 nitrogen and oxygen atoms in total. The van der Waals surface area contributed by atoms with Crippen molar-refractivity contribution in [2.45, 2.75) is 25.9 Å². The fraction of sp³-hybridized carbons (Fsp3) is 0.238. The lowest BCUT2D eigenvalue weighted by molar-refractivity contribution is -0.117. The van der Waals surface area contributed by atoms with Crippen LogP contribution in [0.25, 0.3) is 0 Å². The van der Waals surface area contributed by atoms with Gasteiger partial charge in [-0.3, -0.25) is 9.59 Å². The Balaban J connectivity index is 1.53. The summed E-state index contributed by atoms with van der Waals surface area (Å²) >= 11 is 1.62. The summed E-state index contributed by atoms with van der Waals surface area (Å²) in [5.74, 6) is 0.796. The first-order chi connectivity index (χ1) is 13.2. The third kappa shape index (κ3) is 4.46. The van der Waals surface area contributed by atoms with Gasteiger partial charge in [-0.25, -0.2) is 0 Å². The quantitative estimate of drug-likeness (QED) is 0.655. The molecular formula is C21H20N2O3S. The van der Waals surface area contributed by atoms with E-state index in [2.05, 4.69) is 5.32 Å². The minimum Gasteiger partial charge on any atom is -0.467 e. The van der Waals surface area contributed by atoms with E-state index in [4.69, 9.17) is 4.42 Å². The normalized spacial score (nSPS) is 13.3. The van der Waals surface area contributed by atoms with Gasteiger partial charge in [-0.15, -0.1) is 11.3 Å². The largest absolute Gasteiger partial charge is 0.467 e. The van der Waals surface area contributed by atoms with E-state index in [0.29, 0.717) is 24.3 Å². The Hall–Kier alpha value is -2.86. The zero-order chi connectivity index (χ0) is 18.6. The summed E-state index contributed by atoms with van der Waals surface area (Å²) in [5, 5.41) is 4.90. The number of thiophene rings is 1. The number of hydrogen-bond acceptors (Lipinski definition) is 4. The van der Waals surface area contributed by atoms with Gasteiger partial charge in [0.15, 0.2) is 0 Å². The van der Waals surface area contributed by atoms with E-state index in [1.807, 2.05) is 35.7 Å². The number of anilines is 1. The van der Waals surface area contributed by atoms with E-state index in [1.165, 1.54) is 0 Å². The zero-order valence-electron chi connectivity index (χ0n) is 14.8. The van der Waals surface area contributed by atoms with E-state index in [0.717, 1.165) is 23.5 Å². The fourth-order valence-corrected chi connectivity index (χ4v) is 3.60. The average Bonchev–Trinajstić information content (AvgIpc) is 3.17. The van der Waals surface area contributed by atoms with Gasteiger partial charge in [0, 0.05) is 22.0 Å². The number of furan rings is 1. The third-order valence-corrected chi connectivity index (χ3v) is 5.33. The summed E-state index contributed by atoms with van der Waals surface area (Å²) < 4.78 is 5.43. The smallest absolute Gasteiger partial charge is 0.254 e. The number of rotatable bonds is 7. The van der Waals surface area contributed by atoms with E-state index in [9.17, 15) is 9.59 Å². The first-order valence-electron chi connectivity index (χ1n) is 8.94. The van der Waals surface area contributed by atoms with E-state index in [1.54, 1.807) is 40.7 Å². The summed E-state index contributed by atoms with van der Waals surface area (Å²) in [4.78, 5) is 28.0. The molecule has 2 amide bonds. The monoisotopic (exact) mass is 380 g/mol. The molecule has 0 atom stereocenters. The van der Waals surface area contributed by atoms with Crippen LogP contribution in [0.5, 0.6) is 0 Å². The second kappa shape index (κ2) is 7.80. The Labute approximate surface area is 161 Å². The lowest BCUT2D eigenvalue weighted by Crippen LogP contribution is -2.29. The molecule has 1 saturated carbocycles. The van der Waals surface area contributed by atoms with Crippen molar-refractivity contribution in [2.24, 2.45) is 5.92 Å². The van der Waals surface area contributed by atoms with Gasteiger partial charge in [0.25, 0.3) is 5.91 Å². The molecule has 1 fully saturated rings. The van der Waals surface area contributed by atoms with Gasteiger partial charge in [0.2, 0.25) is 5.91 Å². The summed E-state index contributed by atoms with van der Waals surface area (Å²) in [6.45, 7) is 0.901. The SMILES string of the molecule is O=C(Nc1cccc(C(=O)N(Cc2ccco2)Cc2cccs2)c1)C1CC1. The van der Waals surface area contributed by atoms with Crippen LogP contribution in [-0.2, 0) is 17.9 Å². The molecule has 6 heteroatoms. The maximum atomic E-state index is 13.2. The molecule has 2 heterocycles. The van der Waals surface area contributed by atoms with Crippen molar-refractivity contribution in [3.05, 3.63) is 76.4 Å². The molecule has 1 N–H and O–H groups in total. The van der Waals surface area contributed by atoms with Gasteiger partial charge in [0.1, 0.15) is 5.76 Å². The molecule has 1 aliphatic carbocycles. The van der Waals surface area contributed by atoms with E-state index >= 15 is 0 Å². The second-order valence-corrected chi connectivity index (χ2v) is 7.70. The van der Waals surface area contributed by atoms with Gasteiger partial charge in [-0.2, -0.15) is 0 Å². The number of nitrogens with zero attached hydrogens (tertiary/aromatic N) is 1. The number of carbonyl (C=O) groups is 2. The van der Waals surface area contributed by atoms with Gasteiger partial charge < -0.3 is 14.6 Å². The number of hydrogen-bond donors (Lipinski definition) is 1. The van der Waals surface area contributed by atoms with E-state index in [-0.39, 0.29) is 17.7 Å². The molecule has 1 aromatic carbocycles. The zero-order valence-corrected chi connectivity index (χ0v) is 15.6. The maximum absolute atomic E-state index is 13.2. The van der Waals surface area contributed by atoms with Crippen molar-refractivity contribution in [3.63, 3.8) is 0 Å². The lowest BCUT2D eigenvalue weighted by Gasteiger charge is -2.21. The number of benzene rings is 1. The molecule has 0 radical (unpaired) electrons. The first-order valence-corrected chi connectivity index (χ1v) is 9.82. The molecule has 1 aliphatic rings. The van der Waals surface area contributed by atoms with Crippen LogP contribution >= 0.6 is 11.3 Å². The highest BCUT2D eigenvalue weighted by Gasteiger charge is 2.29. The van der Waals surface area contributed by atoms with Crippen LogP contribution in [-0.4, -0.2) is 16.7 Å². The first kappa shape index (κ1) is 17.5. The van der Waals surface area contributed by atoms with Gasteiger partial charge in [0.05, 0.1) is 19.4 Å². The number of carbonyl (C=O) groups excluding carboxylic acids is 2. The highest BCUT2D eigenvalue weighted by Crippen LogP contribution is 2.30. The van der Waals surface area contributed by atoms with Gasteiger partial charge >= 0.3 is 0 Å². The lowest BCUT2D eigenvalue weighted by atomic mass is 10.1. The van der Waals surface area contributed by atoms with Crippen LogP contribution in [0.15, 0.2) is 64.6 Å². The fourth-order valence-electron chi connectivity index (χ4n) is 2.88. The van der Waals surface area contributed by atoms with Crippen molar-refractivity contribution < 1.29 is 14.0 Å². The topological polar surface area (TPSA) is 62.6 Å². The van der Waals surface area contributed by atoms with Crippen molar-refractivity contribution >= 4 is 28.8 Å². The minimum atomic E-state index is -0.0951. The molecule has 0 aliphatic heterocycles. The molecule has 0 spiro atoms. The highest BCUT2D eigenvalue weighted by atomic mass is 32.1. The van der Waals surface area contributed by atoms with E-state index < -0.39 is 0 Å². The second-order valence-electron chi connectivity index (χ2n) is 6.66. The summed E-state index contributed by atoms with van der Waals surface area (Å²) in [5.41, 5.74) is 1.21. The molecule has 27 heavy (non-hydrogen) atoms. The van der Waals surface area contributed by atoms with Crippen LogP contribution < -0.4 is 5.32 Å². The molecule has 3 aromatic rings. The van der Waals surface area contributed by atoms with Crippen LogP contribution in [0.3, 0.4) is 0 Å². The number of amides is 2. The molecule has 0 bridgehead atoms. The Morgan fingerprint density at radius 1 is 1.11 bits per heavy atom. The third-order valence-electron chi connectivity index (χ3n) is 4.47. The van der Waals surface area contributed by atoms with Crippen molar-refractivity contribution in [1.82, 2.24) is 4.90 Å². The standard InChI is InChI=1S/C21H20N2O3S/c24-20(15-8-9-15)22-17-5-1-4-16(12-17)21(25)23(13-18-6-2-10-26-18)14-19-7-3-11-27-19/h1-7,10-12,15H,8-9,13-14H2,(H,22,24). The maximum Gasteiger partial charge on any atom is 0.254 e. The molecule has 4 rings (SSSR count). The Morgan fingerprint density at radius 2 is 2.00 bits per heavy atom. The highest BCUT2D eigenvalue weighted by molar-refractivity contribution is 7.09. The Bertz CT molecular complexity index is 879. The molecule has 0 unspecified atom stereocenters. The van der Waals surface area contributed by atoms with Gasteiger partial charge in [-0.05, 0) is 54.6 Å². The summed E-state index contributed by atoms with van der Waals surface area (Å²) in [7, 11) is 0. The summed E-state index contributed by atoms with van der Waals surface area (Å²) in [6, 6.07) is 14.8. The molecule has 2 aromatic heterocycles. The predicted molar refractivity (Wildman–Crippen MR) is 104 cm³/mol. The minimum absolute atomic E-state index is 0.0330. The molecule has 138 valence electrons. The molecular weight excluding hydrogens is 360 g/mol. The average molecular weight is 380 g/mol. The van der Waals surface area contributed by atoms with Crippen LogP contribution in [0.1, 0.15) is 33.8 Å². The van der Waals surface area contributed by atoms with Crippen molar-refractivity contribution in [1.29, 1.82) is 0 Å². The Morgan fingerprint density at radius 3 is 2.70 bits per heavy atom. The summed E-state index contributed by atoms with van der Waals surface area (Å²) in [6.07, 6.45) is 3.50. The molecule has 0 saturated heterocycles. The Kier molecular flexibility index (Phi) is 5.07. The van der Waals surface area contributed by atoms with Crippen LogP contribution in [0.2, 0.25) is 0 Å². The number of nitrogens with one attached hydrogen (secondary N) is 1. The predicted octanol–water partition coefficient (Wildman–Crippen LogP) is 4.53. The van der Waals surface area contributed by atoms with Crippen molar-refractivity contribution in [3.8, 4) is 0 Å². The van der Waals surface area contributed by atoms with Crippen LogP contribution in [0.4, 0.5) is 5.69 Å². The van der Waals surface area contributed by atoms with Crippen molar-refractivity contribution in [2.75, 3.05) is 5.32 Å². The van der Waals surface area contributed by atoms with Crippen LogP contribution in [0, 0.1) is 5.92 Å².